The Kier molecular flexibility index (Phi) is 6.97. The monoisotopic (exact) mass is 430 g/mol. The zero-order valence-electron chi connectivity index (χ0n) is 17.7. The van der Waals surface area contributed by atoms with Crippen LogP contribution >= 0.6 is 11.3 Å². The van der Waals surface area contributed by atoms with Crippen LogP contribution in [-0.2, 0) is 13.2 Å². The SMILES string of the molecule is CNC(C)c1nc(-c2cc(OCc3ccccc3)cc(OCc3ccccc3)c2)cs1. The number of benzene rings is 3. The molecule has 0 saturated heterocycles. The molecule has 4 rings (SSSR count). The molecule has 0 spiro atoms. The first-order valence-corrected chi connectivity index (χ1v) is 11.2. The van der Waals surface area contributed by atoms with Gasteiger partial charge in [-0.2, -0.15) is 0 Å². The Labute approximate surface area is 187 Å². The van der Waals surface area contributed by atoms with Gasteiger partial charge >= 0.3 is 0 Å². The number of nitrogens with one attached hydrogen (secondary N) is 1. The number of rotatable bonds is 9. The number of hydrogen-bond acceptors (Lipinski definition) is 5. The number of thiazole rings is 1. The highest BCUT2D eigenvalue weighted by Gasteiger charge is 2.12. The van der Waals surface area contributed by atoms with E-state index >= 15 is 0 Å². The molecular formula is C26H26N2O2S. The molecular weight excluding hydrogens is 404 g/mol. The van der Waals surface area contributed by atoms with Crippen LogP contribution in [0.4, 0.5) is 0 Å². The molecule has 0 fully saturated rings. The van der Waals surface area contributed by atoms with Gasteiger partial charge in [0.1, 0.15) is 29.7 Å². The molecule has 1 aromatic heterocycles. The van der Waals surface area contributed by atoms with E-state index in [4.69, 9.17) is 14.5 Å². The van der Waals surface area contributed by atoms with Crippen molar-refractivity contribution in [2.24, 2.45) is 0 Å². The van der Waals surface area contributed by atoms with Gasteiger partial charge in [0, 0.05) is 17.0 Å². The van der Waals surface area contributed by atoms with Gasteiger partial charge in [-0.15, -0.1) is 11.3 Å². The molecule has 158 valence electrons. The number of nitrogens with zero attached hydrogens (tertiary/aromatic N) is 1. The van der Waals surface area contributed by atoms with Gasteiger partial charge in [-0.1, -0.05) is 60.7 Å². The molecule has 1 heterocycles. The first kappa shape index (κ1) is 21.1. The summed E-state index contributed by atoms with van der Waals surface area (Å²) >= 11 is 1.65. The summed E-state index contributed by atoms with van der Waals surface area (Å²) in [7, 11) is 1.94. The van der Waals surface area contributed by atoms with Crippen LogP contribution in [0.25, 0.3) is 11.3 Å². The Morgan fingerprint density at radius 2 is 1.39 bits per heavy atom. The highest BCUT2D eigenvalue weighted by atomic mass is 32.1. The molecule has 1 N–H and O–H groups in total. The fraction of sp³-hybridized carbons (Fsp3) is 0.192. The molecule has 0 saturated carbocycles. The summed E-state index contributed by atoms with van der Waals surface area (Å²) < 4.78 is 12.2. The molecule has 1 unspecified atom stereocenters. The Morgan fingerprint density at radius 1 is 0.839 bits per heavy atom. The molecule has 4 aromatic rings. The number of aromatic nitrogens is 1. The predicted octanol–water partition coefficient (Wildman–Crippen LogP) is 6.25. The highest BCUT2D eigenvalue weighted by Crippen LogP contribution is 2.32. The lowest BCUT2D eigenvalue weighted by Crippen LogP contribution is -2.11. The summed E-state index contributed by atoms with van der Waals surface area (Å²) in [5, 5.41) is 6.38. The van der Waals surface area contributed by atoms with Crippen LogP contribution in [0.5, 0.6) is 11.5 Å². The van der Waals surface area contributed by atoms with Crippen molar-refractivity contribution in [1.82, 2.24) is 10.3 Å². The average Bonchev–Trinajstić information content (AvgIpc) is 3.33. The maximum atomic E-state index is 6.11. The van der Waals surface area contributed by atoms with Crippen LogP contribution in [-0.4, -0.2) is 12.0 Å². The lowest BCUT2D eigenvalue weighted by molar-refractivity contribution is 0.290. The Morgan fingerprint density at radius 3 is 1.90 bits per heavy atom. The smallest absolute Gasteiger partial charge is 0.124 e. The van der Waals surface area contributed by atoms with E-state index in [0.717, 1.165) is 38.9 Å². The van der Waals surface area contributed by atoms with Crippen LogP contribution in [0.15, 0.2) is 84.2 Å². The first-order valence-electron chi connectivity index (χ1n) is 10.3. The largest absolute Gasteiger partial charge is 0.489 e. The molecule has 0 aliphatic rings. The minimum Gasteiger partial charge on any atom is -0.489 e. The van der Waals surface area contributed by atoms with E-state index < -0.39 is 0 Å². The van der Waals surface area contributed by atoms with Crippen LogP contribution in [0.2, 0.25) is 0 Å². The molecule has 4 nitrogen and oxygen atoms in total. The van der Waals surface area contributed by atoms with Crippen molar-refractivity contribution in [3.63, 3.8) is 0 Å². The van der Waals surface area contributed by atoms with Crippen molar-refractivity contribution in [2.75, 3.05) is 7.05 Å². The molecule has 0 amide bonds. The molecule has 3 aromatic carbocycles. The van der Waals surface area contributed by atoms with Gasteiger partial charge in [0.15, 0.2) is 0 Å². The molecule has 0 radical (unpaired) electrons. The van der Waals surface area contributed by atoms with Crippen molar-refractivity contribution in [3.05, 3.63) is 100 Å². The van der Waals surface area contributed by atoms with Gasteiger partial charge in [-0.3, -0.25) is 0 Å². The standard InChI is InChI=1S/C26H26N2O2S/c1-19(27-2)26-28-25(18-31-26)22-13-23(29-16-20-9-5-3-6-10-20)15-24(14-22)30-17-21-11-7-4-8-12-21/h3-15,18-19,27H,16-17H2,1-2H3. The van der Waals surface area contributed by atoms with Gasteiger partial charge < -0.3 is 14.8 Å². The van der Waals surface area contributed by atoms with Crippen molar-refractivity contribution in [1.29, 1.82) is 0 Å². The van der Waals surface area contributed by atoms with E-state index in [1.54, 1.807) is 11.3 Å². The van der Waals surface area contributed by atoms with Gasteiger partial charge in [0.2, 0.25) is 0 Å². The maximum absolute atomic E-state index is 6.11. The molecule has 0 aliphatic carbocycles. The van der Waals surface area contributed by atoms with Gasteiger partial charge in [-0.25, -0.2) is 4.98 Å². The van der Waals surface area contributed by atoms with Gasteiger partial charge in [-0.05, 0) is 37.2 Å². The minimum absolute atomic E-state index is 0.213. The van der Waals surface area contributed by atoms with Crippen molar-refractivity contribution in [3.8, 4) is 22.8 Å². The fourth-order valence-electron chi connectivity index (χ4n) is 3.11. The summed E-state index contributed by atoms with van der Waals surface area (Å²) in [5.74, 6) is 1.53. The third kappa shape index (κ3) is 5.72. The maximum Gasteiger partial charge on any atom is 0.124 e. The van der Waals surface area contributed by atoms with Crippen LogP contribution in [0.3, 0.4) is 0 Å². The Hall–Kier alpha value is -3.15. The normalized spacial score (nSPS) is 11.8. The quantitative estimate of drug-likeness (QED) is 0.341. The zero-order valence-corrected chi connectivity index (χ0v) is 18.6. The first-order chi connectivity index (χ1) is 15.2. The lowest BCUT2D eigenvalue weighted by Gasteiger charge is -2.12. The fourth-order valence-corrected chi connectivity index (χ4v) is 4.00. The summed E-state index contributed by atoms with van der Waals surface area (Å²) in [6.07, 6.45) is 0. The summed E-state index contributed by atoms with van der Waals surface area (Å²) in [6, 6.07) is 26.5. The summed E-state index contributed by atoms with van der Waals surface area (Å²) in [4.78, 5) is 4.81. The van der Waals surface area contributed by atoms with Crippen molar-refractivity contribution < 1.29 is 9.47 Å². The van der Waals surface area contributed by atoms with E-state index in [1.165, 1.54) is 0 Å². The second-order valence-electron chi connectivity index (χ2n) is 7.32. The van der Waals surface area contributed by atoms with E-state index in [2.05, 4.69) is 41.9 Å². The lowest BCUT2D eigenvalue weighted by atomic mass is 10.1. The Bertz CT molecular complexity index is 1040. The van der Waals surface area contributed by atoms with E-state index in [9.17, 15) is 0 Å². The van der Waals surface area contributed by atoms with Gasteiger partial charge in [0.05, 0.1) is 11.7 Å². The molecule has 5 heteroatoms. The number of hydrogen-bond donors (Lipinski definition) is 1. The Balaban J connectivity index is 1.58. The summed E-state index contributed by atoms with van der Waals surface area (Å²) in [6.45, 7) is 3.11. The van der Waals surface area contributed by atoms with E-state index in [0.29, 0.717) is 13.2 Å². The highest BCUT2D eigenvalue weighted by molar-refractivity contribution is 7.10. The number of ether oxygens (including phenoxy) is 2. The third-order valence-corrected chi connectivity index (χ3v) is 6.03. The molecule has 0 aliphatic heterocycles. The predicted molar refractivity (Wildman–Crippen MR) is 127 cm³/mol. The second-order valence-corrected chi connectivity index (χ2v) is 8.21. The van der Waals surface area contributed by atoms with Crippen LogP contribution in [0, 0.1) is 0 Å². The topological polar surface area (TPSA) is 43.4 Å². The van der Waals surface area contributed by atoms with Crippen molar-refractivity contribution >= 4 is 11.3 Å². The second kappa shape index (κ2) is 10.2. The average molecular weight is 431 g/mol. The molecule has 0 bridgehead atoms. The minimum atomic E-state index is 0.213. The van der Waals surface area contributed by atoms with Crippen LogP contribution < -0.4 is 14.8 Å². The third-order valence-electron chi connectivity index (χ3n) is 5.00. The van der Waals surface area contributed by atoms with Crippen molar-refractivity contribution in [2.45, 2.75) is 26.2 Å². The summed E-state index contributed by atoms with van der Waals surface area (Å²) in [5.41, 5.74) is 4.16. The van der Waals surface area contributed by atoms with Gasteiger partial charge in [0.25, 0.3) is 0 Å². The van der Waals surface area contributed by atoms with E-state index in [-0.39, 0.29) is 6.04 Å². The molecule has 31 heavy (non-hydrogen) atoms. The molecule has 1 atom stereocenters. The van der Waals surface area contributed by atoms with E-state index in [1.807, 2.05) is 61.6 Å². The zero-order chi connectivity index (χ0) is 21.5. The van der Waals surface area contributed by atoms with Crippen LogP contribution in [0.1, 0.15) is 29.1 Å².